The maximum atomic E-state index is 13.5. The van der Waals surface area contributed by atoms with E-state index in [0.29, 0.717) is 29.6 Å². The van der Waals surface area contributed by atoms with Crippen LogP contribution >= 0.6 is 0 Å². The van der Waals surface area contributed by atoms with Crippen LogP contribution in [0.15, 0.2) is 41.1 Å². The number of amides is 1. The highest BCUT2D eigenvalue weighted by Crippen LogP contribution is 2.29. The second-order valence-electron chi connectivity index (χ2n) is 5.83. The fourth-order valence-corrected chi connectivity index (χ4v) is 3.12. The molecule has 1 amide bonds. The second kappa shape index (κ2) is 5.76. The van der Waals surface area contributed by atoms with Crippen molar-refractivity contribution in [1.29, 1.82) is 0 Å². The van der Waals surface area contributed by atoms with E-state index in [0.717, 1.165) is 5.69 Å². The molecule has 0 spiro atoms. The maximum Gasteiger partial charge on any atom is 0.255 e. The summed E-state index contributed by atoms with van der Waals surface area (Å²) in [6, 6.07) is 5.82. The van der Waals surface area contributed by atoms with Crippen molar-refractivity contribution in [2.45, 2.75) is 18.6 Å². The zero-order valence-corrected chi connectivity index (χ0v) is 13.0. The summed E-state index contributed by atoms with van der Waals surface area (Å²) in [5.74, 6) is -0.711. The zero-order chi connectivity index (χ0) is 16.7. The molecule has 1 aliphatic rings. The molecule has 1 N–H and O–H groups in total. The van der Waals surface area contributed by atoms with Gasteiger partial charge in [-0.25, -0.2) is 4.39 Å². The number of aromatic nitrogens is 2. The van der Waals surface area contributed by atoms with Crippen molar-refractivity contribution in [2.24, 2.45) is 7.05 Å². The third kappa shape index (κ3) is 2.46. The fourth-order valence-electron chi connectivity index (χ4n) is 3.12. The molecule has 7 heteroatoms. The van der Waals surface area contributed by atoms with Crippen molar-refractivity contribution >= 4 is 16.9 Å². The van der Waals surface area contributed by atoms with Crippen LogP contribution in [0.5, 0.6) is 0 Å². The first-order chi connectivity index (χ1) is 11.6. The van der Waals surface area contributed by atoms with Gasteiger partial charge in [0.05, 0.1) is 17.3 Å². The number of nitrogens with one attached hydrogen (secondary N) is 1. The lowest BCUT2D eigenvalue weighted by Crippen LogP contribution is -2.37. The number of ether oxygens (including phenoxy) is 1. The van der Waals surface area contributed by atoms with Crippen LogP contribution in [0.3, 0.4) is 0 Å². The monoisotopic (exact) mass is 329 g/mol. The minimum atomic E-state index is -0.407. The highest BCUT2D eigenvalue weighted by molar-refractivity contribution is 6.06. The lowest BCUT2D eigenvalue weighted by molar-refractivity contribution is 0.0793. The van der Waals surface area contributed by atoms with E-state index in [1.165, 1.54) is 24.5 Å². The van der Waals surface area contributed by atoms with Gasteiger partial charge in [0.15, 0.2) is 0 Å². The number of fused-ring (bicyclic) bond motifs is 1. The number of carbonyl (C=O) groups excluding carboxylic acids is 1. The summed E-state index contributed by atoms with van der Waals surface area (Å²) in [6.07, 6.45) is 3.50. The normalized spacial score (nSPS) is 20.6. The largest absolute Gasteiger partial charge is 0.463 e. The molecule has 3 heterocycles. The van der Waals surface area contributed by atoms with Gasteiger partial charge in [0.2, 0.25) is 0 Å². The Morgan fingerprint density at radius 1 is 1.42 bits per heavy atom. The quantitative estimate of drug-likeness (QED) is 0.802. The van der Waals surface area contributed by atoms with Gasteiger partial charge in [-0.3, -0.25) is 9.48 Å². The van der Waals surface area contributed by atoms with Crippen molar-refractivity contribution in [1.82, 2.24) is 15.1 Å². The first-order valence-corrected chi connectivity index (χ1v) is 7.70. The lowest BCUT2D eigenvalue weighted by atomic mass is 10.1. The number of furan rings is 1. The van der Waals surface area contributed by atoms with Crippen LogP contribution in [-0.4, -0.2) is 28.3 Å². The summed E-state index contributed by atoms with van der Waals surface area (Å²) >= 11 is 0. The predicted octanol–water partition coefficient (Wildman–Crippen LogP) is 2.57. The van der Waals surface area contributed by atoms with Crippen molar-refractivity contribution in [3.05, 3.63) is 53.8 Å². The van der Waals surface area contributed by atoms with Crippen LogP contribution in [0, 0.1) is 5.82 Å². The second-order valence-corrected chi connectivity index (χ2v) is 5.83. The highest BCUT2D eigenvalue weighted by Gasteiger charge is 2.33. The molecule has 0 radical (unpaired) electrons. The van der Waals surface area contributed by atoms with Crippen molar-refractivity contribution in [3.63, 3.8) is 0 Å². The number of halogens is 1. The highest BCUT2D eigenvalue weighted by atomic mass is 19.1. The van der Waals surface area contributed by atoms with Crippen LogP contribution in [-0.2, 0) is 11.8 Å². The Labute approximate surface area is 137 Å². The first-order valence-electron chi connectivity index (χ1n) is 7.70. The van der Waals surface area contributed by atoms with Gasteiger partial charge in [0.1, 0.15) is 23.8 Å². The van der Waals surface area contributed by atoms with E-state index in [-0.39, 0.29) is 18.1 Å². The van der Waals surface area contributed by atoms with E-state index < -0.39 is 5.82 Å². The van der Waals surface area contributed by atoms with E-state index in [2.05, 4.69) is 10.4 Å². The number of nitrogens with zero attached hydrogens (tertiary/aromatic N) is 2. The minimum Gasteiger partial charge on any atom is -0.463 e. The summed E-state index contributed by atoms with van der Waals surface area (Å²) in [4.78, 5) is 12.6. The third-order valence-electron chi connectivity index (χ3n) is 4.34. The Hall–Kier alpha value is -2.67. The van der Waals surface area contributed by atoms with Crippen LogP contribution < -0.4 is 5.32 Å². The number of hydrogen-bond donors (Lipinski definition) is 1. The van der Waals surface area contributed by atoms with Crippen LogP contribution in [0.1, 0.15) is 28.6 Å². The molecule has 0 aliphatic carbocycles. The van der Waals surface area contributed by atoms with Crippen molar-refractivity contribution in [3.8, 4) is 0 Å². The first kappa shape index (κ1) is 14.9. The SMILES string of the molecule is Cn1nccc1[C@H]1OCC[C@@H]1NC(=O)c1coc2ccc(F)cc12. The topological polar surface area (TPSA) is 69.3 Å². The molecule has 0 saturated carbocycles. The van der Waals surface area contributed by atoms with Gasteiger partial charge >= 0.3 is 0 Å². The zero-order valence-electron chi connectivity index (χ0n) is 13.0. The van der Waals surface area contributed by atoms with Gasteiger partial charge in [-0.2, -0.15) is 5.10 Å². The standard InChI is InChI=1S/C17H16FN3O3/c1-21-14(4-6-19-21)16-13(5-7-23-16)20-17(22)12-9-24-15-3-2-10(18)8-11(12)15/h2-4,6,8-9,13,16H,5,7H2,1H3,(H,20,22)/t13-,16-/m0/s1. The van der Waals surface area contributed by atoms with Crippen LogP contribution in [0.4, 0.5) is 4.39 Å². The molecule has 1 aromatic carbocycles. The molecular formula is C17H16FN3O3. The molecule has 2 aromatic heterocycles. The molecule has 4 rings (SSSR count). The molecular weight excluding hydrogens is 313 g/mol. The van der Waals surface area contributed by atoms with Gasteiger partial charge in [0, 0.05) is 25.2 Å². The smallest absolute Gasteiger partial charge is 0.255 e. The lowest BCUT2D eigenvalue weighted by Gasteiger charge is -2.19. The molecule has 0 unspecified atom stereocenters. The van der Waals surface area contributed by atoms with Crippen molar-refractivity contribution < 1.29 is 18.3 Å². The number of benzene rings is 1. The number of carbonyl (C=O) groups is 1. The predicted molar refractivity (Wildman–Crippen MR) is 83.9 cm³/mol. The molecule has 2 atom stereocenters. The molecule has 1 fully saturated rings. The molecule has 0 bridgehead atoms. The Morgan fingerprint density at radius 2 is 2.29 bits per heavy atom. The summed E-state index contributed by atoms with van der Waals surface area (Å²) in [7, 11) is 1.84. The Morgan fingerprint density at radius 3 is 3.08 bits per heavy atom. The van der Waals surface area contributed by atoms with Gasteiger partial charge in [-0.1, -0.05) is 0 Å². The van der Waals surface area contributed by atoms with E-state index in [1.54, 1.807) is 10.9 Å². The summed E-state index contributed by atoms with van der Waals surface area (Å²) in [6.45, 7) is 0.557. The summed E-state index contributed by atoms with van der Waals surface area (Å²) in [5, 5.41) is 7.58. The van der Waals surface area contributed by atoms with Crippen molar-refractivity contribution in [2.75, 3.05) is 6.61 Å². The molecule has 1 saturated heterocycles. The number of hydrogen-bond acceptors (Lipinski definition) is 4. The molecule has 24 heavy (non-hydrogen) atoms. The van der Waals surface area contributed by atoms with Crippen LogP contribution in [0.25, 0.3) is 11.0 Å². The molecule has 124 valence electrons. The summed E-state index contributed by atoms with van der Waals surface area (Å²) < 4.78 is 26.3. The average Bonchev–Trinajstić information content (AvgIpc) is 3.26. The molecule has 6 nitrogen and oxygen atoms in total. The number of rotatable bonds is 3. The van der Waals surface area contributed by atoms with E-state index in [9.17, 15) is 9.18 Å². The Kier molecular flexibility index (Phi) is 3.57. The maximum absolute atomic E-state index is 13.5. The van der Waals surface area contributed by atoms with E-state index in [4.69, 9.17) is 9.15 Å². The minimum absolute atomic E-state index is 0.175. The van der Waals surface area contributed by atoms with E-state index >= 15 is 0 Å². The van der Waals surface area contributed by atoms with Gasteiger partial charge in [0.25, 0.3) is 5.91 Å². The van der Waals surface area contributed by atoms with Gasteiger partial charge in [-0.15, -0.1) is 0 Å². The number of aryl methyl sites for hydroxylation is 1. The average molecular weight is 329 g/mol. The molecule has 1 aliphatic heterocycles. The Balaban J connectivity index is 1.59. The Bertz CT molecular complexity index is 902. The van der Waals surface area contributed by atoms with Crippen LogP contribution in [0.2, 0.25) is 0 Å². The fraction of sp³-hybridized carbons (Fsp3) is 0.294. The van der Waals surface area contributed by atoms with Gasteiger partial charge < -0.3 is 14.5 Å². The summed E-state index contributed by atoms with van der Waals surface area (Å²) in [5.41, 5.74) is 1.70. The van der Waals surface area contributed by atoms with E-state index in [1.807, 2.05) is 13.1 Å². The van der Waals surface area contributed by atoms with Gasteiger partial charge in [-0.05, 0) is 30.7 Å². The third-order valence-corrected chi connectivity index (χ3v) is 4.34. The molecule has 3 aromatic rings.